The number of carbonyl (C=O) groups is 4. The summed E-state index contributed by atoms with van der Waals surface area (Å²) in [5.41, 5.74) is -4.79. The molecule has 0 amide bonds. The Labute approximate surface area is 132 Å². The minimum absolute atomic E-state index is 0.0146. The lowest BCUT2D eigenvalue weighted by molar-refractivity contribution is -0.169. The molecule has 6 nitrogen and oxygen atoms in total. The van der Waals surface area contributed by atoms with Gasteiger partial charge >= 0.3 is 5.97 Å². The number of ketones is 3. The van der Waals surface area contributed by atoms with Crippen LogP contribution in [0.15, 0.2) is 24.3 Å². The van der Waals surface area contributed by atoms with Crippen LogP contribution in [0.5, 0.6) is 0 Å². The van der Waals surface area contributed by atoms with Crippen LogP contribution in [-0.2, 0) is 14.3 Å². The van der Waals surface area contributed by atoms with Crippen LogP contribution in [0.1, 0.15) is 46.9 Å². The highest BCUT2D eigenvalue weighted by atomic mass is 16.5. The largest absolute Gasteiger partial charge is 0.465 e. The molecule has 0 bridgehead atoms. The zero-order valence-electron chi connectivity index (χ0n) is 12.6. The highest BCUT2D eigenvalue weighted by molar-refractivity contribution is 6.36. The molecule has 0 aliphatic heterocycles. The van der Waals surface area contributed by atoms with Gasteiger partial charge in [0.25, 0.3) is 0 Å². The first-order chi connectivity index (χ1) is 10.9. The smallest absolute Gasteiger partial charge is 0.323 e. The summed E-state index contributed by atoms with van der Waals surface area (Å²) >= 11 is 0. The number of rotatable bonds is 3. The van der Waals surface area contributed by atoms with Gasteiger partial charge in [0, 0.05) is 17.5 Å². The summed E-state index contributed by atoms with van der Waals surface area (Å²) < 4.78 is 4.95. The van der Waals surface area contributed by atoms with E-state index in [1.165, 1.54) is 12.1 Å². The van der Waals surface area contributed by atoms with Crippen LogP contribution in [0, 0.1) is 5.41 Å². The Bertz CT molecular complexity index is 699. The molecule has 0 spiro atoms. The Morgan fingerprint density at radius 1 is 1.17 bits per heavy atom. The van der Waals surface area contributed by atoms with Crippen LogP contribution in [-0.4, -0.2) is 40.6 Å². The van der Waals surface area contributed by atoms with Crippen LogP contribution in [0.25, 0.3) is 0 Å². The molecule has 1 aromatic rings. The van der Waals surface area contributed by atoms with E-state index in [9.17, 15) is 24.3 Å². The minimum atomic E-state index is -2.71. The highest BCUT2D eigenvalue weighted by Gasteiger charge is 2.72. The predicted octanol–water partition coefficient (Wildman–Crippen LogP) is 1.10. The van der Waals surface area contributed by atoms with Crippen molar-refractivity contribution in [3.63, 3.8) is 0 Å². The molecule has 2 aliphatic rings. The number of Topliss-reactive ketones (excluding diaryl/α,β-unsaturated/α-hetero) is 3. The Hall–Kier alpha value is -2.34. The highest BCUT2D eigenvalue weighted by Crippen LogP contribution is 2.50. The second-order valence-corrected chi connectivity index (χ2v) is 5.82. The first-order valence-electron chi connectivity index (χ1n) is 7.52. The van der Waals surface area contributed by atoms with E-state index in [2.05, 4.69) is 0 Å². The van der Waals surface area contributed by atoms with Gasteiger partial charge in [0.1, 0.15) is 0 Å². The first-order valence-corrected chi connectivity index (χ1v) is 7.52. The van der Waals surface area contributed by atoms with Crippen molar-refractivity contribution in [1.82, 2.24) is 0 Å². The van der Waals surface area contributed by atoms with E-state index in [4.69, 9.17) is 4.74 Å². The monoisotopic (exact) mass is 316 g/mol. The number of aliphatic hydroxyl groups is 1. The molecule has 1 aromatic carbocycles. The molecule has 0 radical (unpaired) electrons. The zero-order chi connectivity index (χ0) is 16.8. The Morgan fingerprint density at radius 2 is 1.74 bits per heavy atom. The van der Waals surface area contributed by atoms with Crippen LogP contribution in [0.2, 0.25) is 0 Å². The van der Waals surface area contributed by atoms with Crippen molar-refractivity contribution < 1.29 is 29.0 Å². The number of esters is 1. The topological polar surface area (TPSA) is 97.7 Å². The number of hydrogen-bond donors (Lipinski definition) is 1. The minimum Gasteiger partial charge on any atom is -0.465 e. The van der Waals surface area contributed by atoms with Crippen molar-refractivity contribution in [2.24, 2.45) is 5.41 Å². The summed E-state index contributed by atoms with van der Waals surface area (Å²) in [6, 6.07) is 5.93. The van der Waals surface area contributed by atoms with Gasteiger partial charge in [-0.25, -0.2) is 0 Å². The van der Waals surface area contributed by atoms with Gasteiger partial charge in [0.05, 0.1) is 6.61 Å². The number of ether oxygens (including phenoxy) is 1. The van der Waals surface area contributed by atoms with Gasteiger partial charge in [-0.3, -0.25) is 19.2 Å². The van der Waals surface area contributed by atoms with E-state index in [1.807, 2.05) is 0 Å². The lowest BCUT2D eigenvalue weighted by Crippen LogP contribution is -2.62. The fraction of sp³-hybridized carbons (Fsp3) is 0.412. The molecular weight excluding hydrogens is 300 g/mol. The fourth-order valence-corrected chi connectivity index (χ4v) is 3.63. The van der Waals surface area contributed by atoms with Gasteiger partial charge < -0.3 is 9.84 Å². The normalized spacial score (nSPS) is 25.6. The average molecular weight is 316 g/mol. The predicted molar refractivity (Wildman–Crippen MR) is 78.0 cm³/mol. The molecule has 120 valence electrons. The van der Waals surface area contributed by atoms with Crippen molar-refractivity contribution >= 4 is 23.3 Å². The van der Waals surface area contributed by atoms with Gasteiger partial charge in [0.2, 0.25) is 17.2 Å². The Kier molecular flexibility index (Phi) is 3.44. The fourth-order valence-electron chi connectivity index (χ4n) is 3.63. The van der Waals surface area contributed by atoms with Crippen LogP contribution in [0.3, 0.4) is 0 Å². The number of fused-ring (bicyclic) bond motifs is 1. The van der Waals surface area contributed by atoms with Gasteiger partial charge in [-0.05, 0) is 19.8 Å². The molecular formula is C17H16O6. The quantitative estimate of drug-likeness (QED) is 0.662. The van der Waals surface area contributed by atoms with Crippen LogP contribution >= 0.6 is 0 Å². The Morgan fingerprint density at radius 3 is 2.17 bits per heavy atom. The summed E-state index contributed by atoms with van der Waals surface area (Å²) in [6.07, 6.45) is 0.265. The summed E-state index contributed by atoms with van der Waals surface area (Å²) in [5.74, 6) is -3.42. The third-order valence-electron chi connectivity index (χ3n) is 4.75. The molecule has 2 aliphatic carbocycles. The molecule has 6 heteroatoms. The van der Waals surface area contributed by atoms with Crippen LogP contribution in [0.4, 0.5) is 0 Å². The summed E-state index contributed by atoms with van der Waals surface area (Å²) in [4.78, 5) is 50.5. The van der Waals surface area contributed by atoms with Gasteiger partial charge in [0.15, 0.2) is 11.2 Å². The average Bonchev–Trinajstić information content (AvgIpc) is 3.03. The molecule has 0 aromatic heterocycles. The summed E-state index contributed by atoms with van der Waals surface area (Å²) in [5, 5.41) is 11.0. The molecule has 0 unspecified atom stereocenters. The third-order valence-corrected chi connectivity index (χ3v) is 4.75. The lowest BCUT2D eigenvalue weighted by Gasteiger charge is -2.36. The maximum absolute atomic E-state index is 12.7. The van der Waals surface area contributed by atoms with E-state index >= 15 is 0 Å². The molecule has 1 fully saturated rings. The van der Waals surface area contributed by atoms with Crippen molar-refractivity contribution in [2.75, 3.05) is 6.61 Å². The van der Waals surface area contributed by atoms with Crippen molar-refractivity contribution in [3.05, 3.63) is 35.4 Å². The Balaban J connectivity index is 2.22. The van der Waals surface area contributed by atoms with E-state index in [0.717, 1.165) is 0 Å². The van der Waals surface area contributed by atoms with E-state index < -0.39 is 34.3 Å². The zero-order valence-corrected chi connectivity index (χ0v) is 12.6. The SMILES string of the molecule is CCOC(=O)[C@@]1(C2(O)C(=O)c3ccccc3C2=O)CCCC1=O. The van der Waals surface area contributed by atoms with Crippen molar-refractivity contribution in [1.29, 1.82) is 0 Å². The maximum atomic E-state index is 12.7. The molecule has 1 saturated carbocycles. The molecule has 1 N–H and O–H groups in total. The van der Waals surface area contributed by atoms with E-state index in [1.54, 1.807) is 19.1 Å². The summed E-state index contributed by atoms with van der Waals surface area (Å²) in [7, 11) is 0. The van der Waals surface area contributed by atoms with E-state index in [-0.39, 0.29) is 30.6 Å². The number of benzene rings is 1. The van der Waals surface area contributed by atoms with Crippen molar-refractivity contribution in [3.8, 4) is 0 Å². The molecule has 0 saturated heterocycles. The molecule has 0 heterocycles. The molecule has 23 heavy (non-hydrogen) atoms. The number of carbonyl (C=O) groups excluding carboxylic acids is 4. The third kappa shape index (κ3) is 1.72. The second kappa shape index (κ2) is 5.09. The van der Waals surface area contributed by atoms with Gasteiger partial charge in [-0.15, -0.1) is 0 Å². The van der Waals surface area contributed by atoms with Crippen LogP contribution < -0.4 is 0 Å². The first kappa shape index (κ1) is 15.6. The molecule has 3 rings (SSSR count). The van der Waals surface area contributed by atoms with Gasteiger partial charge in [-0.1, -0.05) is 24.3 Å². The van der Waals surface area contributed by atoms with E-state index in [0.29, 0.717) is 6.42 Å². The van der Waals surface area contributed by atoms with Gasteiger partial charge in [-0.2, -0.15) is 0 Å². The maximum Gasteiger partial charge on any atom is 0.323 e. The second-order valence-electron chi connectivity index (χ2n) is 5.82. The van der Waals surface area contributed by atoms with Crippen molar-refractivity contribution in [2.45, 2.75) is 31.8 Å². The lowest BCUT2D eigenvalue weighted by atomic mass is 9.67. The standard InChI is InChI=1S/C17H16O6/c1-2-23-15(21)16(9-5-8-12(16)18)17(22)13(19)10-6-3-4-7-11(10)14(17)20/h3-4,6-7,22H,2,5,8-9H2,1H3/t16-/m1/s1. The summed E-state index contributed by atoms with van der Waals surface area (Å²) in [6.45, 7) is 1.54. The molecule has 1 atom stereocenters. The number of hydrogen-bond acceptors (Lipinski definition) is 6.